The van der Waals surface area contributed by atoms with Crippen molar-refractivity contribution < 1.29 is 4.74 Å². The van der Waals surface area contributed by atoms with E-state index in [9.17, 15) is 0 Å². The molecule has 1 aromatic rings. The lowest BCUT2D eigenvalue weighted by Gasteiger charge is -2.13. The van der Waals surface area contributed by atoms with Crippen LogP contribution in [0.4, 0.5) is 5.69 Å². The maximum Gasteiger partial charge on any atom is 0.123 e. The maximum atomic E-state index is 5.32. The second-order valence-corrected chi connectivity index (χ2v) is 5.25. The van der Waals surface area contributed by atoms with Gasteiger partial charge in [-0.05, 0) is 47.8 Å². The Morgan fingerprint density at radius 1 is 1.50 bits per heavy atom. The molecule has 2 rings (SSSR count). The van der Waals surface area contributed by atoms with Crippen LogP contribution in [0.1, 0.15) is 18.4 Å². The van der Waals surface area contributed by atoms with E-state index >= 15 is 0 Å². The molecule has 1 aliphatic rings. The summed E-state index contributed by atoms with van der Waals surface area (Å²) >= 11 is 8.89. The normalized spacial score (nSPS) is 14.7. The fourth-order valence-corrected chi connectivity index (χ4v) is 2.34. The minimum absolute atomic E-state index is 0.587. The SMILES string of the molecule is COc1ccc(NC(=S)C2CC2)c(Br)c1C. The summed E-state index contributed by atoms with van der Waals surface area (Å²) in [5.74, 6) is 1.47. The Morgan fingerprint density at radius 2 is 2.19 bits per heavy atom. The number of rotatable bonds is 3. The molecule has 0 aliphatic heterocycles. The number of hydrogen-bond donors (Lipinski definition) is 1. The third-order valence-electron chi connectivity index (χ3n) is 2.76. The Balaban J connectivity index is 2.21. The number of halogens is 1. The molecule has 2 nitrogen and oxygen atoms in total. The van der Waals surface area contributed by atoms with Gasteiger partial charge in [0.15, 0.2) is 0 Å². The van der Waals surface area contributed by atoms with Gasteiger partial charge in [0.05, 0.1) is 17.8 Å². The number of anilines is 1. The zero-order chi connectivity index (χ0) is 11.7. The summed E-state index contributed by atoms with van der Waals surface area (Å²) < 4.78 is 6.28. The molecule has 0 amide bonds. The zero-order valence-corrected chi connectivity index (χ0v) is 11.7. The van der Waals surface area contributed by atoms with Crippen LogP contribution in [0.2, 0.25) is 0 Å². The van der Waals surface area contributed by atoms with E-state index in [0.29, 0.717) is 5.92 Å². The fourth-order valence-electron chi connectivity index (χ4n) is 1.57. The number of thiocarbonyl (C=S) groups is 1. The highest BCUT2D eigenvalue weighted by Crippen LogP contribution is 2.35. The lowest BCUT2D eigenvalue weighted by atomic mass is 10.2. The van der Waals surface area contributed by atoms with Gasteiger partial charge in [-0.3, -0.25) is 0 Å². The molecule has 0 spiro atoms. The highest BCUT2D eigenvalue weighted by atomic mass is 79.9. The molecular weight excluding hydrogens is 286 g/mol. The molecule has 1 N–H and O–H groups in total. The lowest BCUT2D eigenvalue weighted by Crippen LogP contribution is -2.11. The molecule has 1 aromatic carbocycles. The van der Waals surface area contributed by atoms with Gasteiger partial charge in [0.25, 0.3) is 0 Å². The third-order valence-corrected chi connectivity index (χ3v) is 4.22. The van der Waals surface area contributed by atoms with Gasteiger partial charge in [0.2, 0.25) is 0 Å². The quantitative estimate of drug-likeness (QED) is 0.855. The molecule has 0 unspecified atom stereocenters. The van der Waals surface area contributed by atoms with Crippen LogP contribution in [-0.2, 0) is 0 Å². The predicted octanol–water partition coefficient (Wildman–Crippen LogP) is 3.92. The van der Waals surface area contributed by atoms with Crippen molar-refractivity contribution in [1.29, 1.82) is 0 Å². The van der Waals surface area contributed by atoms with Crippen LogP contribution < -0.4 is 10.1 Å². The monoisotopic (exact) mass is 299 g/mol. The van der Waals surface area contributed by atoms with Crippen LogP contribution in [0.5, 0.6) is 5.75 Å². The van der Waals surface area contributed by atoms with Crippen molar-refractivity contribution in [2.75, 3.05) is 12.4 Å². The summed E-state index contributed by atoms with van der Waals surface area (Å²) in [6, 6.07) is 3.95. The van der Waals surface area contributed by atoms with Gasteiger partial charge in [0.1, 0.15) is 5.75 Å². The first-order valence-electron chi connectivity index (χ1n) is 5.27. The van der Waals surface area contributed by atoms with Crippen molar-refractivity contribution in [3.8, 4) is 5.75 Å². The van der Waals surface area contributed by atoms with Gasteiger partial charge in [-0.2, -0.15) is 0 Å². The highest BCUT2D eigenvalue weighted by molar-refractivity contribution is 9.10. The Kier molecular flexibility index (Phi) is 3.50. The minimum atomic E-state index is 0.587. The Bertz CT molecular complexity index is 429. The molecule has 1 fully saturated rings. The molecule has 1 saturated carbocycles. The summed E-state index contributed by atoms with van der Waals surface area (Å²) in [4.78, 5) is 0.949. The summed E-state index contributed by atoms with van der Waals surface area (Å²) in [6.07, 6.45) is 2.44. The van der Waals surface area contributed by atoms with E-state index in [1.54, 1.807) is 7.11 Å². The van der Waals surface area contributed by atoms with Crippen LogP contribution >= 0.6 is 28.1 Å². The molecular formula is C12H14BrNOS. The summed E-state index contributed by atoms with van der Waals surface area (Å²) in [5, 5.41) is 3.29. The first-order chi connectivity index (χ1) is 7.63. The van der Waals surface area contributed by atoms with Gasteiger partial charge in [-0.1, -0.05) is 12.2 Å². The van der Waals surface area contributed by atoms with Gasteiger partial charge < -0.3 is 10.1 Å². The molecule has 4 heteroatoms. The minimum Gasteiger partial charge on any atom is -0.496 e. The second kappa shape index (κ2) is 4.72. The summed E-state index contributed by atoms with van der Waals surface area (Å²) in [5.41, 5.74) is 2.11. The van der Waals surface area contributed by atoms with Crippen molar-refractivity contribution in [2.45, 2.75) is 19.8 Å². The molecule has 0 aromatic heterocycles. The number of benzene rings is 1. The maximum absolute atomic E-state index is 5.32. The van der Waals surface area contributed by atoms with Crippen LogP contribution in [0.15, 0.2) is 16.6 Å². The smallest absolute Gasteiger partial charge is 0.123 e. The molecule has 16 heavy (non-hydrogen) atoms. The van der Waals surface area contributed by atoms with E-state index in [2.05, 4.69) is 21.2 Å². The second-order valence-electron chi connectivity index (χ2n) is 4.02. The standard InChI is InChI=1S/C12H14BrNOS/c1-7-10(15-2)6-5-9(11(7)13)14-12(16)8-3-4-8/h5-6,8H,3-4H2,1-2H3,(H,14,16). The zero-order valence-electron chi connectivity index (χ0n) is 9.34. The van der Waals surface area contributed by atoms with Crippen LogP contribution in [0.25, 0.3) is 0 Å². The molecule has 0 heterocycles. The van der Waals surface area contributed by atoms with Gasteiger partial charge in [-0.25, -0.2) is 0 Å². The van der Waals surface area contributed by atoms with Crippen molar-refractivity contribution in [3.63, 3.8) is 0 Å². The number of methoxy groups -OCH3 is 1. The van der Waals surface area contributed by atoms with E-state index in [4.69, 9.17) is 17.0 Å². The van der Waals surface area contributed by atoms with Gasteiger partial charge in [-0.15, -0.1) is 0 Å². The molecule has 1 aliphatic carbocycles. The Morgan fingerprint density at radius 3 is 2.75 bits per heavy atom. The van der Waals surface area contributed by atoms with Crippen LogP contribution in [0.3, 0.4) is 0 Å². The first kappa shape index (κ1) is 11.9. The Labute approximate surface area is 110 Å². The Hall–Kier alpha value is -0.610. The summed E-state index contributed by atoms with van der Waals surface area (Å²) in [6.45, 7) is 2.02. The van der Waals surface area contributed by atoms with Crippen molar-refractivity contribution >= 4 is 38.8 Å². The van der Waals surface area contributed by atoms with E-state index in [1.165, 1.54) is 12.8 Å². The molecule has 0 bridgehead atoms. The third kappa shape index (κ3) is 2.38. The average Bonchev–Trinajstić information content (AvgIpc) is 3.09. The topological polar surface area (TPSA) is 21.3 Å². The van der Waals surface area contributed by atoms with Gasteiger partial charge >= 0.3 is 0 Å². The number of ether oxygens (including phenoxy) is 1. The largest absolute Gasteiger partial charge is 0.496 e. The molecule has 0 radical (unpaired) electrons. The first-order valence-corrected chi connectivity index (χ1v) is 6.47. The number of hydrogen-bond acceptors (Lipinski definition) is 2. The number of nitrogens with one attached hydrogen (secondary N) is 1. The molecule has 0 atom stereocenters. The van der Waals surface area contributed by atoms with Gasteiger partial charge in [0, 0.05) is 16.0 Å². The molecule has 86 valence electrons. The van der Waals surface area contributed by atoms with E-state index in [0.717, 1.165) is 26.5 Å². The molecule has 0 saturated heterocycles. The van der Waals surface area contributed by atoms with E-state index < -0.39 is 0 Å². The fraction of sp³-hybridized carbons (Fsp3) is 0.417. The van der Waals surface area contributed by atoms with Crippen LogP contribution in [-0.4, -0.2) is 12.1 Å². The lowest BCUT2D eigenvalue weighted by molar-refractivity contribution is 0.411. The van der Waals surface area contributed by atoms with E-state index in [-0.39, 0.29) is 0 Å². The van der Waals surface area contributed by atoms with Crippen molar-refractivity contribution in [2.24, 2.45) is 5.92 Å². The van der Waals surface area contributed by atoms with Crippen molar-refractivity contribution in [3.05, 3.63) is 22.2 Å². The highest BCUT2D eigenvalue weighted by Gasteiger charge is 2.26. The van der Waals surface area contributed by atoms with Crippen LogP contribution in [0, 0.1) is 12.8 Å². The summed E-state index contributed by atoms with van der Waals surface area (Å²) in [7, 11) is 1.68. The predicted molar refractivity (Wildman–Crippen MR) is 74.4 cm³/mol. The van der Waals surface area contributed by atoms with Crippen molar-refractivity contribution in [1.82, 2.24) is 0 Å². The average molecular weight is 300 g/mol. The van der Waals surface area contributed by atoms with E-state index in [1.807, 2.05) is 19.1 Å².